The van der Waals surface area contributed by atoms with Gasteiger partial charge in [-0.2, -0.15) is 0 Å². The van der Waals surface area contributed by atoms with Crippen molar-refractivity contribution >= 4 is 27.3 Å². The number of nitrogens with zero attached hydrogens (tertiary/aromatic N) is 1. The number of rotatable bonds is 4. The van der Waals surface area contributed by atoms with Gasteiger partial charge in [-0.25, -0.2) is 8.42 Å². The lowest BCUT2D eigenvalue weighted by Gasteiger charge is -2.20. The van der Waals surface area contributed by atoms with Crippen LogP contribution in [-0.4, -0.2) is 15.5 Å². The van der Waals surface area contributed by atoms with Crippen LogP contribution >= 0.6 is 11.6 Å². The zero-order chi connectivity index (χ0) is 15.6. The van der Waals surface area contributed by atoms with E-state index < -0.39 is 10.0 Å². The van der Waals surface area contributed by atoms with E-state index in [0.29, 0.717) is 11.6 Å². The van der Waals surface area contributed by atoms with E-state index in [0.717, 1.165) is 16.7 Å². The summed E-state index contributed by atoms with van der Waals surface area (Å²) in [5.74, 6) is 0.368. The Morgan fingerprint density at radius 1 is 1.00 bits per heavy atom. The minimum absolute atomic E-state index is 0.262. The highest BCUT2D eigenvalue weighted by molar-refractivity contribution is 7.92. The molecule has 0 N–H and O–H groups in total. The van der Waals surface area contributed by atoms with Gasteiger partial charge in [-0.15, -0.1) is 11.6 Å². The van der Waals surface area contributed by atoms with Crippen LogP contribution in [0.5, 0.6) is 0 Å². The van der Waals surface area contributed by atoms with Crippen molar-refractivity contribution in [3.8, 4) is 0 Å². The second-order valence-electron chi connectivity index (χ2n) is 5.10. The Morgan fingerprint density at radius 2 is 1.52 bits per heavy atom. The summed E-state index contributed by atoms with van der Waals surface area (Å²) in [6.07, 6.45) is 0. The number of aryl methyl sites for hydroxylation is 2. The van der Waals surface area contributed by atoms with Crippen molar-refractivity contribution in [1.82, 2.24) is 0 Å². The first-order valence-corrected chi connectivity index (χ1v) is 8.54. The number of hydrogen-bond acceptors (Lipinski definition) is 2. The highest BCUT2D eigenvalue weighted by Crippen LogP contribution is 2.24. The van der Waals surface area contributed by atoms with Gasteiger partial charge in [-0.05, 0) is 54.8 Å². The summed E-state index contributed by atoms with van der Waals surface area (Å²) >= 11 is 5.73. The van der Waals surface area contributed by atoms with Crippen LogP contribution in [0.15, 0.2) is 47.4 Å². The Balaban J connectivity index is 2.41. The van der Waals surface area contributed by atoms with E-state index in [1.165, 1.54) is 4.31 Å². The maximum absolute atomic E-state index is 12.6. The molecule has 0 amide bonds. The van der Waals surface area contributed by atoms with Gasteiger partial charge in [0.15, 0.2) is 0 Å². The first-order chi connectivity index (χ1) is 9.84. The van der Waals surface area contributed by atoms with Crippen LogP contribution in [0.3, 0.4) is 0 Å². The van der Waals surface area contributed by atoms with E-state index in [4.69, 9.17) is 11.6 Å². The van der Waals surface area contributed by atoms with Gasteiger partial charge in [0, 0.05) is 12.9 Å². The van der Waals surface area contributed by atoms with Crippen LogP contribution in [0.25, 0.3) is 0 Å². The third-order valence-corrected chi connectivity index (χ3v) is 5.41. The zero-order valence-electron chi connectivity index (χ0n) is 12.3. The fourth-order valence-electron chi connectivity index (χ4n) is 2.18. The number of halogens is 1. The lowest BCUT2D eigenvalue weighted by Crippen LogP contribution is -2.26. The van der Waals surface area contributed by atoms with E-state index in [1.807, 2.05) is 32.0 Å². The van der Waals surface area contributed by atoms with Crippen molar-refractivity contribution in [3.05, 3.63) is 59.2 Å². The van der Waals surface area contributed by atoms with Crippen LogP contribution in [0, 0.1) is 13.8 Å². The molecule has 0 atom stereocenters. The van der Waals surface area contributed by atoms with Crippen LogP contribution in [0.4, 0.5) is 5.69 Å². The quantitative estimate of drug-likeness (QED) is 0.801. The van der Waals surface area contributed by atoms with Crippen molar-refractivity contribution in [1.29, 1.82) is 0 Å². The van der Waals surface area contributed by atoms with Crippen LogP contribution in [-0.2, 0) is 15.9 Å². The molecule has 0 heterocycles. The van der Waals surface area contributed by atoms with E-state index >= 15 is 0 Å². The highest BCUT2D eigenvalue weighted by atomic mass is 35.5. The summed E-state index contributed by atoms with van der Waals surface area (Å²) in [6, 6.07) is 12.4. The average Bonchev–Trinajstić information content (AvgIpc) is 2.45. The lowest BCUT2D eigenvalue weighted by molar-refractivity contribution is 0.594. The van der Waals surface area contributed by atoms with Crippen LogP contribution in [0.1, 0.15) is 16.7 Å². The summed E-state index contributed by atoms with van der Waals surface area (Å²) in [7, 11) is -1.99. The summed E-state index contributed by atoms with van der Waals surface area (Å²) in [6.45, 7) is 3.90. The van der Waals surface area contributed by atoms with Crippen molar-refractivity contribution in [2.75, 3.05) is 11.4 Å². The number of benzene rings is 2. The molecule has 21 heavy (non-hydrogen) atoms. The maximum Gasteiger partial charge on any atom is 0.264 e. The molecule has 2 aromatic carbocycles. The molecule has 0 bridgehead atoms. The van der Waals surface area contributed by atoms with E-state index in [-0.39, 0.29) is 4.90 Å². The topological polar surface area (TPSA) is 37.4 Å². The number of sulfonamides is 1. The van der Waals surface area contributed by atoms with Gasteiger partial charge in [-0.3, -0.25) is 4.31 Å². The Kier molecular flexibility index (Phi) is 4.59. The third kappa shape index (κ3) is 3.39. The van der Waals surface area contributed by atoms with E-state index in [1.54, 1.807) is 31.3 Å². The smallest absolute Gasteiger partial charge is 0.264 e. The average molecular weight is 324 g/mol. The number of alkyl halides is 1. The first kappa shape index (κ1) is 15.9. The molecule has 0 aromatic heterocycles. The molecule has 2 rings (SSSR count). The third-order valence-electron chi connectivity index (χ3n) is 3.31. The molecule has 0 aliphatic carbocycles. The highest BCUT2D eigenvalue weighted by Gasteiger charge is 2.21. The Bertz CT molecular complexity index is 719. The first-order valence-electron chi connectivity index (χ1n) is 6.57. The van der Waals surface area contributed by atoms with E-state index in [9.17, 15) is 8.42 Å². The Hall–Kier alpha value is -1.52. The zero-order valence-corrected chi connectivity index (χ0v) is 13.9. The van der Waals surface area contributed by atoms with Crippen molar-refractivity contribution < 1.29 is 8.42 Å². The summed E-state index contributed by atoms with van der Waals surface area (Å²) < 4.78 is 26.6. The van der Waals surface area contributed by atoms with Crippen LogP contribution in [0.2, 0.25) is 0 Å². The minimum atomic E-state index is -3.56. The summed E-state index contributed by atoms with van der Waals surface area (Å²) in [5.41, 5.74) is 3.62. The van der Waals surface area contributed by atoms with Gasteiger partial charge in [0.2, 0.25) is 0 Å². The number of hydrogen-bond donors (Lipinski definition) is 0. The normalized spacial score (nSPS) is 11.4. The SMILES string of the molecule is Cc1cc(C)cc(N(C)S(=O)(=O)c2ccc(CCl)cc2)c1. The molecule has 0 aliphatic heterocycles. The summed E-state index contributed by atoms with van der Waals surface area (Å²) in [4.78, 5) is 0.262. The fraction of sp³-hybridized carbons (Fsp3) is 0.250. The lowest BCUT2D eigenvalue weighted by atomic mass is 10.1. The number of anilines is 1. The van der Waals surface area contributed by atoms with Gasteiger partial charge in [0.05, 0.1) is 10.6 Å². The molecule has 0 saturated carbocycles. The summed E-state index contributed by atoms with van der Waals surface area (Å²) in [5, 5.41) is 0. The second kappa shape index (κ2) is 6.08. The molecule has 2 aromatic rings. The maximum atomic E-state index is 12.6. The molecule has 0 spiro atoms. The monoisotopic (exact) mass is 323 g/mol. The molecule has 0 radical (unpaired) electrons. The van der Waals surface area contributed by atoms with Gasteiger partial charge >= 0.3 is 0 Å². The van der Waals surface area contributed by atoms with Crippen molar-refractivity contribution in [3.63, 3.8) is 0 Å². The van der Waals surface area contributed by atoms with Crippen molar-refractivity contribution in [2.24, 2.45) is 0 Å². The fourth-order valence-corrected chi connectivity index (χ4v) is 3.54. The van der Waals surface area contributed by atoms with Crippen molar-refractivity contribution in [2.45, 2.75) is 24.6 Å². The predicted octanol–water partition coefficient (Wildman–Crippen LogP) is 3.87. The Labute approximate surface area is 131 Å². The predicted molar refractivity (Wildman–Crippen MR) is 87.5 cm³/mol. The van der Waals surface area contributed by atoms with Crippen LogP contribution < -0.4 is 4.31 Å². The standard InChI is InChI=1S/C16H18ClNO2S/c1-12-8-13(2)10-15(9-12)18(3)21(19,20)16-6-4-14(11-17)5-7-16/h4-10H,11H2,1-3H3. The molecule has 3 nitrogen and oxygen atoms in total. The second-order valence-corrected chi connectivity index (χ2v) is 7.33. The van der Waals surface area contributed by atoms with Gasteiger partial charge < -0.3 is 0 Å². The minimum Gasteiger partial charge on any atom is -0.269 e. The molecule has 0 fully saturated rings. The molecule has 112 valence electrons. The van der Waals surface area contributed by atoms with Gasteiger partial charge in [0.1, 0.15) is 0 Å². The Morgan fingerprint density at radius 3 is 2.00 bits per heavy atom. The molecular formula is C16H18ClNO2S. The van der Waals surface area contributed by atoms with Gasteiger partial charge in [0.25, 0.3) is 10.0 Å². The molecule has 0 aliphatic rings. The van der Waals surface area contributed by atoms with Gasteiger partial charge in [-0.1, -0.05) is 18.2 Å². The molecule has 0 saturated heterocycles. The largest absolute Gasteiger partial charge is 0.269 e. The molecule has 0 unspecified atom stereocenters. The molecule has 5 heteroatoms. The molecular weight excluding hydrogens is 306 g/mol. The van der Waals surface area contributed by atoms with E-state index in [2.05, 4.69) is 0 Å².